The molecule has 1 aromatic rings. The van der Waals surface area contributed by atoms with Crippen molar-refractivity contribution in [2.24, 2.45) is 5.92 Å². The Morgan fingerprint density at radius 3 is 2.30 bits per heavy atom. The first kappa shape index (κ1) is 16.2. The number of carbonyl (C=O) groups excluding carboxylic acids is 2. The number of rotatable bonds is 5. The largest absolute Gasteiger partial charge is 0.459 e. The Morgan fingerprint density at radius 1 is 1.20 bits per heavy atom. The molecule has 0 saturated carbocycles. The predicted octanol–water partition coefficient (Wildman–Crippen LogP) is 3.64. The van der Waals surface area contributed by atoms with Crippen molar-refractivity contribution in [3.8, 4) is 0 Å². The van der Waals surface area contributed by atoms with Crippen LogP contribution in [0.5, 0.6) is 0 Å². The van der Waals surface area contributed by atoms with E-state index in [9.17, 15) is 9.59 Å². The summed E-state index contributed by atoms with van der Waals surface area (Å²) in [7, 11) is 0. The Hall–Kier alpha value is -1.90. The van der Waals surface area contributed by atoms with Gasteiger partial charge in [0.25, 0.3) is 0 Å². The lowest BCUT2D eigenvalue weighted by Crippen LogP contribution is -2.31. The van der Waals surface area contributed by atoms with Crippen molar-refractivity contribution in [2.45, 2.75) is 39.7 Å². The van der Waals surface area contributed by atoms with E-state index in [2.05, 4.69) is 0 Å². The van der Waals surface area contributed by atoms with Gasteiger partial charge in [-0.25, -0.2) is 0 Å². The summed E-state index contributed by atoms with van der Waals surface area (Å²) < 4.78 is 5.27. The summed E-state index contributed by atoms with van der Waals surface area (Å²) in [6, 6.07) is 9.75. The lowest BCUT2D eigenvalue weighted by molar-refractivity contribution is -0.161. The maximum Gasteiger partial charge on any atom is 0.317 e. The average molecular weight is 274 g/mol. The van der Waals surface area contributed by atoms with Gasteiger partial charge in [0.1, 0.15) is 17.3 Å². The SMILES string of the molecule is CC(=O)C(C/C=C/c1ccccc1)C(=O)OC(C)(C)C. The van der Waals surface area contributed by atoms with E-state index in [-0.39, 0.29) is 5.78 Å². The predicted molar refractivity (Wildman–Crippen MR) is 80.1 cm³/mol. The van der Waals surface area contributed by atoms with Crippen molar-refractivity contribution < 1.29 is 14.3 Å². The van der Waals surface area contributed by atoms with E-state index < -0.39 is 17.5 Å². The molecule has 0 aliphatic heterocycles. The number of ketones is 1. The smallest absolute Gasteiger partial charge is 0.317 e. The molecule has 1 aromatic carbocycles. The van der Waals surface area contributed by atoms with Crippen molar-refractivity contribution in [3.63, 3.8) is 0 Å². The monoisotopic (exact) mass is 274 g/mol. The number of esters is 1. The molecular formula is C17H22O3. The van der Waals surface area contributed by atoms with Crippen LogP contribution in [-0.4, -0.2) is 17.4 Å². The lowest BCUT2D eigenvalue weighted by Gasteiger charge is -2.22. The fraction of sp³-hybridized carbons (Fsp3) is 0.412. The molecule has 0 aliphatic carbocycles. The van der Waals surface area contributed by atoms with Gasteiger partial charge in [0.2, 0.25) is 0 Å². The molecular weight excluding hydrogens is 252 g/mol. The van der Waals surface area contributed by atoms with E-state index in [1.165, 1.54) is 6.92 Å². The third kappa shape index (κ3) is 5.83. The second-order valence-corrected chi connectivity index (χ2v) is 5.75. The number of benzene rings is 1. The van der Waals surface area contributed by atoms with Crippen LogP contribution in [0.1, 0.15) is 39.7 Å². The molecule has 0 bridgehead atoms. The Labute approximate surface area is 120 Å². The summed E-state index contributed by atoms with van der Waals surface area (Å²) in [6.45, 7) is 6.80. The van der Waals surface area contributed by atoms with Crippen LogP contribution in [0.4, 0.5) is 0 Å². The van der Waals surface area contributed by atoms with Gasteiger partial charge in [-0.05, 0) is 39.7 Å². The molecule has 0 fully saturated rings. The van der Waals surface area contributed by atoms with E-state index in [0.29, 0.717) is 6.42 Å². The number of ether oxygens (including phenoxy) is 1. The zero-order chi connectivity index (χ0) is 15.2. The molecule has 0 heterocycles. The molecule has 20 heavy (non-hydrogen) atoms. The maximum atomic E-state index is 12.0. The first-order valence-corrected chi connectivity index (χ1v) is 6.74. The normalized spacial score (nSPS) is 13.2. The summed E-state index contributed by atoms with van der Waals surface area (Å²) in [6.07, 6.45) is 4.10. The number of Topliss-reactive ketones (excluding diaryl/α,β-unsaturated/α-hetero) is 1. The molecule has 1 rings (SSSR count). The summed E-state index contributed by atoms with van der Waals surface area (Å²) >= 11 is 0. The van der Waals surface area contributed by atoms with E-state index in [1.807, 2.05) is 42.5 Å². The third-order valence-corrected chi connectivity index (χ3v) is 2.66. The maximum absolute atomic E-state index is 12.0. The van der Waals surface area contributed by atoms with Crippen LogP contribution in [0.15, 0.2) is 36.4 Å². The van der Waals surface area contributed by atoms with E-state index >= 15 is 0 Å². The number of allylic oxidation sites excluding steroid dienone is 1. The summed E-state index contributed by atoms with van der Waals surface area (Å²) in [5.74, 6) is -1.35. The van der Waals surface area contributed by atoms with Gasteiger partial charge in [0.15, 0.2) is 0 Å². The summed E-state index contributed by atoms with van der Waals surface area (Å²) in [5, 5.41) is 0. The fourth-order valence-electron chi connectivity index (χ4n) is 1.71. The topological polar surface area (TPSA) is 43.4 Å². The summed E-state index contributed by atoms with van der Waals surface area (Å²) in [4.78, 5) is 23.5. The fourth-order valence-corrected chi connectivity index (χ4v) is 1.71. The Kier molecular flexibility index (Phi) is 5.68. The van der Waals surface area contributed by atoms with Gasteiger partial charge in [-0.15, -0.1) is 0 Å². The minimum Gasteiger partial charge on any atom is -0.459 e. The Balaban J connectivity index is 2.67. The highest BCUT2D eigenvalue weighted by molar-refractivity contribution is 5.98. The second-order valence-electron chi connectivity index (χ2n) is 5.75. The van der Waals surface area contributed by atoms with Crippen molar-refractivity contribution in [3.05, 3.63) is 42.0 Å². The van der Waals surface area contributed by atoms with Crippen molar-refractivity contribution >= 4 is 17.8 Å². The minimum absolute atomic E-state index is 0.169. The molecule has 0 radical (unpaired) electrons. The Bertz CT molecular complexity index is 481. The Morgan fingerprint density at radius 2 is 1.80 bits per heavy atom. The van der Waals surface area contributed by atoms with Crippen molar-refractivity contribution in [1.29, 1.82) is 0 Å². The first-order valence-electron chi connectivity index (χ1n) is 6.74. The molecule has 3 nitrogen and oxygen atoms in total. The molecule has 0 aliphatic rings. The highest BCUT2D eigenvalue weighted by atomic mass is 16.6. The van der Waals surface area contributed by atoms with Gasteiger partial charge >= 0.3 is 5.97 Å². The first-order chi connectivity index (χ1) is 9.29. The molecule has 3 heteroatoms. The number of hydrogen-bond donors (Lipinski definition) is 0. The van der Waals surface area contributed by atoms with E-state index in [0.717, 1.165) is 5.56 Å². The van der Waals surface area contributed by atoms with Crippen molar-refractivity contribution in [1.82, 2.24) is 0 Å². The highest BCUT2D eigenvalue weighted by Crippen LogP contribution is 2.16. The number of carbonyl (C=O) groups is 2. The molecule has 108 valence electrons. The number of hydrogen-bond acceptors (Lipinski definition) is 3. The molecule has 0 spiro atoms. The van der Waals surface area contributed by atoms with Gasteiger partial charge in [0, 0.05) is 0 Å². The highest BCUT2D eigenvalue weighted by Gasteiger charge is 2.27. The van der Waals surface area contributed by atoms with Crippen LogP contribution < -0.4 is 0 Å². The van der Waals surface area contributed by atoms with E-state index in [1.54, 1.807) is 20.8 Å². The molecule has 1 unspecified atom stereocenters. The summed E-state index contributed by atoms with van der Waals surface area (Å²) in [5.41, 5.74) is 0.465. The zero-order valence-electron chi connectivity index (χ0n) is 12.6. The molecule has 0 saturated heterocycles. The van der Waals surface area contributed by atoms with Gasteiger partial charge in [-0.2, -0.15) is 0 Å². The van der Waals surface area contributed by atoms with Gasteiger partial charge in [0.05, 0.1) is 0 Å². The molecule has 0 amide bonds. The molecule has 1 atom stereocenters. The van der Waals surface area contributed by atoms with Crippen LogP contribution in [0.3, 0.4) is 0 Å². The second kappa shape index (κ2) is 7.04. The van der Waals surface area contributed by atoms with Crippen LogP contribution >= 0.6 is 0 Å². The lowest BCUT2D eigenvalue weighted by atomic mass is 10.00. The van der Waals surface area contributed by atoms with Crippen molar-refractivity contribution in [2.75, 3.05) is 0 Å². The standard InChI is InChI=1S/C17H22O3/c1-13(18)15(16(19)20-17(2,3)4)12-8-11-14-9-6-5-7-10-14/h5-11,15H,12H2,1-4H3/b11-8+. The van der Waals surface area contributed by atoms with Gasteiger partial charge in [-0.3, -0.25) is 9.59 Å². The van der Waals surface area contributed by atoms with Crippen LogP contribution in [0.25, 0.3) is 6.08 Å². The molecule has 0 N–H and O–H groups in total. The van der Waals surface area contributed by atoms with Crippen LogP contribution in [0.2, 0.25) is 0 Å². The molecule has 0 aromatic heterocycles. The zero-order valence-corrected chi connectivity index (χ0v) is 12.6. The minimum atomic E-state index is -0.728. The average Bonchev–Trinajstić information content (AvgIpc) is 2.33. The quantitative estimate of drug-likeness (QED) is 0.608. The van der Waals surface area contributed by atoms with Crippen LogP contribution in [0, 0.1) is 5.92 Å². The van der Waals surface area contributed by atoms with Crippen LogP contribution in [-0.2, 0) is 14.3 Å². The van der Waals surface area contributed by atoms with Gasteiger partial charge in [-0.1, -0.05) is 42.5 Å². The van der Waals surface area contributed by atoms with E-state index in [4.69, 9.17) is 4.74 Å². The van der Waals surface area contributed by atoms with Gasteiger partial charge < -0.3 is 4.74 Å². The third-order valence-electron chi connectivity index (χ3n) is 2.66.